The lowest BCUT2D eigenvalue weighted by Crippen LogP contribution is -2.23. The number of likely N-dealkylation sites (tertiary alicyclic amines) is 1. The fraction of sp³-hybridized carbons (Fsp3) is 0.700. The van der Waals surface area contributed by atoms with Crippen molar-refractivity contribution in [3.63, 3.8) is 0 Å². The lowest BCUT2D eigenvalue weighted by atomic mass is 10.3. The molecule has 84 valence electrons. The van der Waals surface area contributed by atoms with Crippen LogP contribution in [0.1, 0.15) is 17.8 Å². The van der Waals surface area contributed by atoms with E-state index in [0.717, 1.165) is 36.2 Å². The van der Waals surface area contributed by atoms with Gasteiger partial charge in [-0.1, -0.05) is 0 Å². The van der Waals surface area contributed by atoms with Crippen LogP contribution in [0, 0.1) is 6.92 Å². The Morgan fingerprint density at radius 2 is 2.33 bits per heavy atom. The molecule has 0 unspecified atom stereocenters. The zero-order valence-corrected chi connectivity index (χ0v) is 10.7. The molecule has 0 bridgehead atoms. The Kier molecular flexibility index (Phi) is 3.13. The Morgan fingerprint density at radius 1 is 1.60 bits per heavy atom. The molecule has 1 saturated heterocycles. The minimum Gasteiger partial charge on any atom is -0.392 e. The van der Waals surface area contributed by atoms with Crippen molar-refractivity contribution in [1.82, 2.24) is 14.7 Å². The molecule has 0 saturated carbocycles. The van der Waals surface area contributed by atoms with Gasteiger partial charge in [-0.25, -0.2) is 0 Å². The van der Waals surface area contributed by atoms with Gasteiger partial charge in [-0.05, 0) is 29.3 Å². The first-order chi connectivity index (χ1) is 7.08. The number of aliphatic hydroxyl groups is 1. The lowest BCUT2D eigenvalue weighted by molar-refractivity contribution is 0.174. The molecule has 1 atom stereocenters. The van der Waals surface area contributed by atoms with Gasteiger partial charge in [-0.2, -0.15) is 5.10 Å². The van der Waals surface area contributed by atoms with Gasteiger partial charge in [0.1, 0.15) is 0 Å². The summed E-state index contributed by atoms with van der Waals surface area (Å²) in [5.41, 5.74) is 2.20. The van der Waals surface area contributed by atoms with Crippen molar-refractivity contribution < 1.29 is 5.11 Å². The van der Waals surface area contributed by atoms with E-state index < -0.39 is 0 Å². The number of halogens is 1. The van der Waals surface area contributed by atoms with E-state index >= 15 is 0 Å². The van der Waals surface area contributed by atoms with E-state index in [0.29, 0.717) is 0 Å². The van der Waals surface area contributed by atoms with E-state index in [1.165, 1.54) is 5.69 Å². The summed E-state index contributed by atoms with van der Waals surface area (Å²) in [5, 5.41) is 13.8. The molecule has 0 aromatic carbocycles. The molecule has 0 spiro atoms. The maximum absolute atomic E-state index is 9.45. The summed E-state index contributed by atoms with van der Waals surface area (Å²) < 4.78 is 3.00. The highest BCUT2D eigenvalue weighted by molar-refractivity contribution is 9.10. The molecule has 5 heteroatoms. The van der Waals surface area contributed by atoms with Crippen molar-refractivity contribution in [2.45, 2.75) is 26.0 Å². The number of aryl methyl sites for hydroxylation is 2. The van der Waals surface area contributed by atoms with Crippen LogP contribution in [0.15, 0.2) is 4.47 Å². The Labute approximate surface area is 98.0 Å². The molecule has 1 aromatic heterocycles. The zero-order valence-electron chi connectivity index (χ0n) is 9.07. The highest BCUT2D eigenvalue weighted by atomic mass is 79.9. The van der Waals surface area contributed by atoms with Crippen LogP contribution in [0.25, 0.3) is 0 Å². The zero-order chi connectivity index (χ0) is 11.0. The van der Waals surface area contributed by atoms with Crippen LogP contribution in [0.2, 0.25) is 0 Å². The second kappa shape index (κ2) is 4.23. The number of nitrogens with zero attached hydrogens (tertiary/aromatic N) is 3. The molecule has 1 aliphatic rings. The van der Waals surface area contributed by atoms with Gasteiger partial charge in [0.05, 0.1) is 22.0 Å². The Balaban J connectivity index is 2.10. The van der Waals surface area contributed by atoms with Gasteiger partial charge in [0.25, 0.3) is 0 Å². The predicted octanol–water partition coefficient (Wildman–Crippen LogP) is 1.06. The van der Waals surface area contributed by atoms with Crippen molar-refractivity contribution in [2.24, 2.45) is 7.05 Å². The van der Waals surface area contributed by atoms with E-state index in [9.17, 15) is 5.11 Å². The maximum Gasteiger partial charge on any atom is 0.0739 e. The monoisotopic (exact) mass is 273 g/mol. The van der Waals surface area contributed by atoms with Gasteiger partial charge in [0, 0.05) is 26.7 Å². The smallest absolute Gasteiger partial charge is 0.0739 e. The van der Waals surface area contributed by atoms with Gasteiger partial charge in [0.2, 0.25) is 0 Å². The third-order valence-corrected chi connectivity index (χ3v) is 3.91. The molecule has 15 heavy (non-hydrogen) atoms. The Bertz CT molecular complexity index is 364. The Morgan fingerprint density at radius 3 is 2.80 bits per heavy atom. The van der Waals surface area contributed by atoms with Crippen molar-refractivity contribution in [1.29, 1.82) is 0 Å². The molecular formula is C10H16BrN3O. The number of hydrogen-bond donors (Lipinski definition) is 1. The molecule has 2 rings (SSSR count). The van der Waals surface area contributed by atoms with Crippen LogP contribution in [-0.2, 0) is 13.6 Å². The maximum atomic E-state index is 9.45. The summed E-state index contributed by atoms with van der Waals surface area (Å²) in [7, 11) is 1.96. The molecule has 1 N–H and O–H groups in total. The van der Waals surface area contributed by atoms with Crippen LogP contribution in [0.5, 0.6) is 0 Å². The van der Waals surface area contributed by atoms with Crippen LogP contribution in [0.4, 0.5) is 0 Å². The summed E-state index contributed by atoms with van der Waals surface area (Å²) in [6.07, 6.45) is 0.729. The summed E-state index contributed by atoms with van der Waals surface area (Å²) in [6, 6.07) is 0. The SMILES string of the molecule is Cc1nn(C)c(CN2CC[C@H](O)C2)c1Br. The quantitative estimate of drug-likeness (QED) is 0.876. The van der Waals surface area contributed by atoms with Crippen LogP contribution in [-0.4, -0.2) is 39.0 Å². The third-order valence-electron chi connectivity index (χ3n) is 2.88. The van der Waals surface area contributed by atoms with Crippen LogP contribution < -0.4 is 0 Å². The fourth-order valence-corrected chi connectivity index (χ4v) is 2.48. The van der Waals surface area contributed by atoms with E-state index in [4.69, 9.17) is 0 Å². The first kappa shape index (κ1) is 11.1. The second-order valence-corrected chi connectivity index (χ2v) is 4.94. The average molecular weight is 274 g/mol. The number of hydrogen-bond acceptors (Lipinski definition) is 3. The van der Waals surface area contributed by atoms with Gasteiger partial charge >= 0.3 is 0 Å². The number of aliphatic hydroxyl groups excluding tert-OH is 1. The molecule has 4 nitrogen and oxygen atoms in total. The first-order valence-electron chi connectivity index (χ1n) is 5.16. The number of β-amino-alcohol motifs (C(OH)–C–C–N with tert-alkyl or cyclic N) is 1. The first-order valence-corrected chi connectivity index (χ1v) is 5.95. The fourth-order valence-electron chi connectivity index (χ4n) is 2.02. The normalized spacial score (nSPS) is 22.5. The summed E-state index contributed by atoms with van der Waals surface area (Å²) in [5.74, 6) is 0. The average Bonchev–Trinajstić information content (AvgIpc) is 2.67. The summed E-state index contributed by atoms with van der Waals surface area (Å²) >= 11 is 3.55. The topological polar surface area (TPSA) is 41.3 Å². The van der Waals surface area contributed by atoms with Gasteiger partial charge in [0.15, 0.2) is 0 Å². The summed E-state index contributed by atoms with van der Waals surface area (Å²) in [4.78, 5) is 2.26. The standard InChI is InChI=1S/C10H16BrN3O/c1-7-10(11)9(13(2)12-7)6-14-4-3-8(15)5-14/h8,15H,3-6H2,1-2H3/t8-/m0/s1. The predicted molar refractivity (Wildman–Crippen MR) is 61.5 cm³/mol. The van der Waals surface area contributed by atoms with Crippen molar-refractivity contribution in [3.8, 4) is 0 Å². The minimum absolute atomic E-state index is 0.155. The largest absolute Gasteiger partial charge is 0.392 e. The van der Waals surface area contributed by atoms with Crippen LogP contribution >= 0.6 is 15.9 Å². The molecular weight excluding hydrogens is 258 g/mol. The molecule has 1 aliphatic heterocycles. The molecule has 1 aromatic rings. The van der Waals surface area contributed by atoms with Gasteiger partial charge in [-0.15, -0.1) is 0 Å². The Hall–Kier alpha value is -0.390. The third kappa shape index (κ3) is 2.24. The van der Waals surface area contributed by atoms with E-state index in [2.05, 4.69) is 25.9 Å². The van der Waals surface area contributed by atoms with E-state index in [-0.39, 0.29) is 6.10 Å². The minimum atomic E-state index is -0.155. The molecule has 0 amide bonds. The highest BCUT2D eigenvalue weighted by Gasteiger charge is 2.22. The second-order valence-electron chi connectivity index (χ2n) is 4.15. The lowest BCUT2D eigenvalue weighted by Gasteiger charge is -2.15. The molecule has 0 radical (unpaired) electrons. The summed E-state index contributed by atoms with van der Waals surface area (Å²) in [6.45, 7) is 4.59. The van der Waals surface area contributed by atoms with Crippen LogP contribution in [0.3, 0.4) is 0 Å². The highest BCUT2D eigenvalue weighted by Crippen LogP contribution is 2.23. The molecule has 2 heterocycles. The van der Waals surface area contributed by atoms with E-state index in [1.807, 2.05) is 18.7 Å². The van der Waals surface area contributed by atoms with E-state index in [1.54, 1.807) is 0 Å². The molecule has 1 fully saturated rings. The van der Waals surface area contributed by atoms with Crippen molar-refractivity contribution >= 4 is 15.9 Å². The van der Waals surface area contributed by atoms with Gasteiger partial charge in [-0.3, -0.25) is 9.58 Å². The number of aromatic nitrogens is 2. The van der Waals surface area contributed by atoms with Crippen molar-refractivity contribution in [2.75, 3.05) is 13.1 Å². The number of rotatable bonds is 2. The van der Waals surface area contributed by atoms with Crippen molar-refractivity contribution in [3.05, 3.63) is 15.9 Å². The van der Waals surface area contributed by atoms with Gasteiger partial charge < -0.3 is 5.11 Å². The molecule has 0 aliphatic carbocycles.